The van der Waals surface area contributed by atoms with Crippen LogP contribution in [-0.2, 0) is 14.3 Å². The SMILES string of the molecule is CCCCCCCCCCCCCCCCCCC(O)C(CO)NC(=O)CCCCCCCCCCCCCOC(=O)CCCCCCCCCCCCCCC. The number of ether oxygens (including phenoxy) is 1. The van der Waals surface area contributed by atoms with E-state index in [0.717, 1.165) is 57.8 Å². The number of carbonyl (C=O) groups excluding carboxylic acids is 2. The third-order valence-electron chi connectivity index (χ3n) is 12.2. The van der Waals surface area contributed by atoms with Gasteiger partial charge in [-0.05, 0) is 25.7 Å². The van der Waals surface area contributed by atoms with E-state index in [1.807, 2.05) is 0 Å². The maximum atomic E-state index is 12.4. The summed E-state index contributed by atoms with van der Waals surface area (Å²) >= 11 is 0. The Balaban J connectivity index is 3.46. The highest BCUT2D eigenvalue weighted by atomic mass is 16.5. The van der Waals surface area contributed by atoms with Crippen molar-refractivity contribution in [3.05, 3.63) is 0 Å². The van der Waals surface area contributed by atoms with Crippen molar-refractivity contribution in [2.45, 2.75) is 302 Å². The summed E-state index contributed by atoms with van der Waals surface area (Å²) in [4.78, 5) is 24.5. The predicted octanol–water partition coefficient (Wildman–Crippen LogP) is 15.2. The summed E-state index contributed by atoms with van der Waals surface area (Å²) in [7, 11) is 0. The fourth-order valence-corrected chi connectivity index (χ4v) is 8.17. The Morgan fingerprint density at radius 3 is 1.07 bits per heavy atom. The lowest BCUT2D eigenvalue weighted by atomic mass is 10.0. The largest absolute Gasteiger partial charge is 0.466 e. The number of aliphatic hydroxyl groups is 2. The molecule has 0 spiro atoms. The van der Waals surface area contributed by atoms with Gasteiger partial charge < -0.3 is 20.3 Å². The molecule has 0 aromatic rings. The standard InChI is InChI=1S/C51H101NO5/c1-3-5-7-9-11-13-15-17-18-19-21-23-27-31-35-39-43-49(54)48(47-53)52-50(55)44-40-36-32-28-24-22-26-30-34-38-42-46-57-51(56)45-41-37-33-29-25-20-16-14-12-10-8-6-4-2/h48-49,53-54H,3-47H2,1-2H3,(H,52,55). The number of esters is 1. The second kappa shape index (κ2) is 47.5. The first kappa shape index (κ1) is 55.9. The molecule has 2 atom stereocenters. The number of carbonyl (C=O) groups is 2. The van der Waals surface area contributed by atoms with Gasteiger partial charge in [0.05, 0.1) is 25.4 Å². The summed E-state index contributed by atoms with van der Waals surface area (Å²) in [6.45, 7) is 4.93. The summed E-state index contributed by atoms with van der Waals surface area (Å²) in [5, 5.41) is 23.2. The molecule has 2 unspecified atom stereocenters. The van der Waals surface area contributed by atoms with Crippen molar-refractivity contribution >= 4 is 11.9 Å². The van der Waals surface area contributed by atoms with Crippen molar-refractivity contribution in [3.63, 3.8) is 0 Å². The number of aliphatic hydroxyl groups excluding tert-OH is 2. The lowest BCUT2D eigenvalue weighted by molar-refractivity contribution is -0.143. The minimum Gasteiger partial charge on any atom is -0.466 e. The molecule has 57 heavy (non-hydrogen) atoms. The highest BCUT2D eigenvalue weighted by molar-refractivity contribution is 5.76. The zero-order chi connectivity index (χ0) is 41.5. The quantitative estimate of drug-likeness (QED) is 0.0420. The topological polar surface area (TPSA) is 95.9 Å². The van der Waals surface area contributed by atoms with Crippen LogP contribution in [0.3, 0.4) is 0 Å². The van der Waals surface area contributed by atoms with Gasteiger partial charge in [0.2, 0.25) is 5.91 Å². The maximum Gasteiger partial charge on any atom is 0.305 e. The highest BCUT2D eigenvalue weighted by Crippen LogP contribution is 2.17. The van der Waals surface area contributed by atoms with E-state index < -0.39 is 12.1 Å². The third kappa shape index (κ3) is 44.2. The summed E-state index contributed by atoms with van der Waals surface area (Å²) in [5.74, 6) is -0.0626. The van der Waals surface area contributed by atoms with Gasteiger partial charge >= 0.3 is 5.97 Å². The van der Waals surface area contributed by atoms with E-state index in [1.165, 1.54) is 199 Å². The van der Waals surface area contributed by atoms with Crippen molar-refractivity contribution in [3.8, 4) is 0 Å². The van der Waals surface area contributed by atoms with Crippen LogP contribution in [0.25, 0.3) is 0 Å². The molecular weight excluding hydrogens is 707 g/mol. The van der Waals surface area contributed by atoms with Gasteiger partial charge in [-0.15, -0.1) is 0 Å². The molecule has 1 amide bonds. The monoisotopic (exact) mass is 808 g/mol. The van der Waals surface area contributed by atoms with E-state index in [4.69, 9.17) is 4.74 Å². The van der Waals surface area contributed by atoms with E-state index in [0.29, 0.717) is 25.9 Å². The molecule has 0 aromatic heterocycles. The van der Waals surface area contributed by atoms with Gasteiger partial charge in [-0.2, -0.15) is 0 Å². The molecule has 0 aliphatic rings. The van der Waals surface area contributed by atoms with Gasteiger partial charge in [-0.25, -0.2) is 0 Å². The van der Waals surface area contributed by atoms with E-state index >= 15 is 0 Å². The Labute approximate surface area is 356 Å². The first-order valence-corrected chi connectivity index (χ1v) is 25.8. The predicted molar refractivity (Wildman–Crippen MR) is 246 cm³/mol. The molecule has 0 heterocycles. The minimum absolute atomic E-state index is 0.0113. The average molecular weight is 808 g/mol. The Bertz CT molecular complexity index is 806. The normalized spacial score (nSPS) is 12.6. The van der Waals surface area contributed by atoms with Crippen LogP contribution < -0.4 is 5.32 Å². The van der Waals surface area contributed by atoms with Gasteiger partial charge in [0.15, 0.2) is 0 Å². The molecule has 6 nitrogen and oxygen atoms in total. The number of nitrogens with one attached hydrogen (secondary N) is 1. The third-order valence-corrected chi connectivity index (χ3v) is 12.2. The van der Waals surface area contributed by atoms with Crippen molar-refractivity contribution in [1.82, 2.24) is 5.32 Å². The molecule has 0 radical (unpaired) electrons. The Hall–Kier alpha value is -1.14. The van der Waals surface area contributed by atoms with Crippen LogP contribution in [0.4, 0.5) is 0 Å². The molecule has 0 fully saturated rings. The van der Waals surface area contributed by atoms with E-state index in [9.17, 15) is 19.8 Å². The van der Waals surface area contributed by atoms with Crippen molar-refractivity contribution in [2.24, 2.45) is 0 Å². The van der Waals surface area contributed by atoms with Crippen LogP contribution in [0.2, 0.25) is 0 Å². The molecule has 0 aliphatic carbocycles. The van der Waals surface area contributed by atoms with Crippen LogP contribution in [-0.4, -0.2) is 47.4 Å². The van der Waals surface area contributed by atoms with Gasteiger partial charge in [-0.3, -0.25) is 9.59 Å². The van der Waals surface area contributed by atoms with Crippen molar-refractivity contribution < 1.29 is 24.5 Å². The van der Waals surface area contributed by atoms with Crippen LogP contribution in [0.15, 0.2) is 0 Å². The minimum atomic E-state index is -0.674. The lowest BCUT2D eigenvalue weighted by Crippen LogP contribution is -2.45. The summed E-state index contributed by atoms with van der Waals surface area (Å²) in [6, 6.07) is -0.553. The number of rotatable bonds is 48. The molecular formula is C51H101NO5. The smallest absolute Gasteiger partial charge is 0.305 e. The Morgan fingerprint density at radius 1 is 0.421 bits per heavy atom. The first-order valence-electron chi connectivity index (χ1n) is 25.8. The van der Waals surface area contributed by atoms with Crippen molar-refractivity contribution in [2.75, 3.05) is 13.2 Å². The van der Waals surface area contributed by atoms with Gasteiger partial charge in [0, 0.05) is 12.8 Å². The molecule has 6 heteroatoms. The van der Waals surface area contributed by atoms with Gasteiger partial charge in [0.25, 0.3) is 0 Å². The Morgan fingerprint density at radius 2 is 0.719 bits per heavy atom. The number of amides is 1. The number of hydrogen-bond donors (Lipinski definition) is 3. The van der Waals surface area contributed by atoms with Crippen LogP contribution >= 0.6 is 0 Å². The maximum absolute atomic E-state index is 12.4. The molecule has 0 aliphatic heterocycles. The van der Waals surface area contributed by atoms with E-state index in [-0.39, 0.29) is 18.5 Å². The molecule has 0 saturated carbocycles. The number of hydrogen-bond acceptors (Lipinski definition) is 5. The molecule has 0 aromatic carbocycles. The van der Waals surface area contributed by atoms with Crippen LogP contribution in [0, 0.1) is 0 Å². The molecule has 0 saturated heterocycles. The second-order valence-corrected chi connectivity index (χ2v) is 17.9. The molecule has 340 valence electrons. The summed E-state index contributed by atoms with van der Waals surface area (Å²) in [5.41, 5.74) is 0. The van der Waals surface area contributed by atoms with E-state index in [1.54, 1.807) is 0 Å². The first-order chi connectivity index (χ1) is 28.0. The lowest BCUT2D eigenvalue weighted by Gasteiger charge is -2.22. The molecule has 0 bridgehead atoms. The van der Waals surface area contributed by atoms with Gasteiger partial charge in [0.1, 0.15) is 0 Å². The van der Waals surface area contributed by atoms with Crippen molar-refractivity contribution in [1.29, 1.82) is 0 Å². The molecule has 0 rings (SSSR count). The molecule has 3 N–H and O–H groups in total. The summed E-state index contributed by atoms with van der Waals surface area (Å²) < 4.78 is 5.45. The second-order valence-electron chi connectivity index (χ2n) is 17.9. The zero-order valence-electron chi connectivity index (χ0n) is 38.6. The fraction of sp³-hybridized carbons (Fsp3) is 0.961. The average Bonchev–Trinajstić information content (AvgIpc) is 3.21. The van der Waals surface area contributed by atoms with Crippen LogP contribution in [0.5, 0.6) is 0 Å². The highest BCUT2D eigenvalue weighted by Gasteiger charge is 2.20. The van der Waals surface area contributed by atoms with E-state index in [2.05, 4.69) is 19.2 Å². The summed E-state index contributed by atoms with van der Waals surface area (Å²) in [6.07, 6.45) is 52.1. The van der Waals surface area contributed by atoms with Gasteiger partial charge in [-0.1, -0.05) is 251 Å². The number of unbranched alkanes of at least 4 members (excludes halogenated alkanes) is 37. The zero-order valence-corrected chi connectivity index (χ0v) is 38.6. The Kier molecular flexibility index (Phi) is 46.6. The van der Waals surface area contributed by atoms with Crippen LogP contribution in [0.1, 0.15) is 290 Å². The fourth-order valence-electron chi connectivity index (χ4n) is 8.17.